The SMILES string of the molecule is O=C(NCC1(c2ccsc2)CC1)c1ccccc1C(F)(F)F. The molecule has 1 saturated carbocycles. The molecule has 3 rings (SSSR count). The summed E-state index contributed by atoms with van der Waals surface area (Å²) in [6.45, 7) is 0.370. The molecule has 0 unspecified atom stereocenters. The zero-order valence-electron chi connectivity index (χ0n) is 11.6. The summed E-state index contributed by atoms with van der Waals surface area (Å²) in [5.41, 5.74) is -0.158. The van der Waals surface area contributed by atoms with Gasteiger partial charge in [0.15, 0.2) is 0 Å². The molecule has 22 heavy (non-hydrogen) atoms. The number of thiophene rings is 1. The first kappa shape index (κ1) is 15.1. The van der Waals surface area contributed by atoms with E-state index in [1.54, 1.807) is 11.3 Å². The van der Waals surface area contributed by atoms with E-state index in [0.29, 0.717) is 6.54 Å². The maximum atomic E-state index is 12.9. The molecule has 0 spiro atoms. The maximum absolute atomic E-state index is 12.9. The van der Waals surface area contributed by atoms with Crippen LogP contribution in [0.1, 0.15) is 34.3 Å². The van der Waals surface area contributed by atoms with Gasteiger partial charge in [-0.15, -0.1) is 0 Å². The highest BCUT2D eigenvalue weighted by atomic mass is 32.1. The van der Waals surface area contributed by atoms with E-state index in [4.69, 9.17) is 0 Å². The minimum absolute atomic E-state index is 0.0944. The minimum Gasteiger partial charge on any atom is -0.351 e. The monoisotopic (exact) mass is 325 g/mol. The molecular weight excluding hydrogens is 311 g/mol. The number of halogens is 3. The molecule has 1 aromatic carbocycles. The summed E-state index contributed by atoms with van der Waals surface area (Å²) >= 11 is 1.58. The number of carbonyl (C=O) groups is 1. The molecule has 1 aromatic heterocycles. The Bertz CT molecular complexity index is 675. The van der Waals surface area contributed by atoms with Crippen molar-refractivity contribution in [2.24, 2.45) is 0 Å². The number of alkyl halides is 3. The fourth-order valence-corrected chi connectivity index (χ4v) is 3.34. The lowest BCUT2D eigenvalue weighted by Crippen LogP contribution is -2.33. The number of carbonyl (C=O) groups excluding carboxylic acids is 1. The van der Waals surface area contributed by atoms with Crippen molar-refractivity contribution in [3.05, 3.63) is 57.8 Å². The third kappa shape index (κ3) is 2.88. The summed E-state index contributed by atoms with van der Waals surface area (Å²) < 4.78 is 38.8. The van der Waals surface area contributed by atoms with Crippen molar-refractivity contribution in [1.82, 2.24) is 5.32 Å². The van der Waals surface area contributed by atoms with Crippen LogP contribution in [-0.4, -0.2) is 12.5 Å². The first-order valence-electron chi connectivity index (χ1n) is 6.89. The quantitative estimate of drug-likeness (QED) is 0.895. The molecule has 1 amide bonds. The van der Waals surface area contributed by atoms with Crippen molar-refractivity contribution in [3.8, 4) is 0 Å². The number of hydrogen-bond acceptors (Lipinski definition) is 2. The second-order valence-corrected chi connectivity index (χ2v) is 6.30. The first-order valence-corrected chi connectivity index (χ1v) is 7.84. The summed E-state index contributed by atoms with van der Waals surface area (Å²) in [6, 6.07) is 6.87. The Morgan fingerprint density at radius 2 is 1.95 bits per heavy atom. The highest BCUT2D eigenvalue weighted by Gasteiger charge is 2.45. The fourth-order valence-electron chi connectivity index (χ4n) is 2.56. The van der Waals surface area contributed by atoms with Crippen molar-refractivity contribution in [3.63, 3.8) is 0 Å². The van der Waals surface area contributed by atoms with Crippen LogP contribution in [0.15, 0.2) is 41.1 Å². The zero-order valence-corrected chi connectivity index (χ0v) is 12.4. The van der Waals surface area contributed by atoms with Crippen LogP contribution in [-0.2, 0) is 11.6 Å². The third-order valence-electron chi connectivity index (χ3n) is 4.05. The van der Waals surface area contributed by atoms with E-state index in [-0.39, 0.29) is 11.0 Å². The molecule has 6 heteroatoms. The van der Waals surface area contributed by atoms with Crippen LogP contribution < -0.4 is 5.32 Å². The molecule has 1 fully saturated rings. The predicted molar refractivity (Wildman–Crippen MR) is 79.0 cm³/mol. The van der Waals surface area contributed by atoms with Crippen LogP contribution in [0.5, 0.6) is 0 Å². The molecule has 0 saturated heterocycles. The Labute approximate surface area is 130 Å². The van der Waals surface area contributed by atoms with Gasteiger partial charge >= 0.3 is 6.18 Å². The van der Waals surface area contributed by atoms with E-state index in [1.165, 1.54) is 18.2 Å². The molecule has 0 radical (unpaired) electrons. The molecule has 116 valence electrons. The van der Waals surface area contributed by atoms with E-state index < -0.39 is 17.6 Å². The molecule has 2 nitrogen and oxygen atoms in total. The Morgan fingerprint density at radius 1 is 1.23 bits per heavy atom. The van der Waals surface area contributed by atoms with Gasteiger partial charge in [0.25, 0.3) is 5.91 Å². The molecule has 1 aliphatic carbocycles. The van der Waals surface area contributed by atoms with Crippen LogP contribution in [0.25, 0.3) is 0 Å². The summed E-state index contributed by atoms with van der Waals surface area (Å²) in [5.74, 6) is -0.672. The van der Waals surface area contributed by atoms with Crippen molar-refractivity contribution >= 4 is 17.2 Å². The number of rotatable bonds is 4. The minimum atomic E-state index is -4.53. The number of benzene rings is 1. The zero-order chi connectivity index (χ0) is 15.8. The average molecular weight is 325 g/mol. The number of hydrogen-bond donors (Lipinski definition) is 1. The van der Waals surface area contributed by atoms with E-state index >= 15 is 0 Å². The molecule has 1 aliphatic rings. The van der Waals surface area contributed by atoms with E-state index in [0.717, 1.165) is 24.5 Å². The molecule has 0 atom stereocenters. The molecule has 0 aliphatic heterocycles. The second kappa shape index (κ2) is 5.43. The predicted octanol–water partition coefficient (Wildman–Crippen LogP) is 4.23. The fraction of sp³-hybridized carbons (Fsp3) is 0.312. The van der Waals surface area contributed by atoms with Gasteiger partial charge in [-0.25, -0.2) is 0 Å². The van der Waals surface area contributed by atoms with Gasteiger partial charge in [0.2, 0.25) is 0 Å². The smallest absolute Gasteiger partial charge is 0.351 e. The van der Waals surface area contributed by atoms with Gasteiger partial charge in [-0.1, -0.05) is 12.1 Å². The third-order valence-corrected chi connectivity index (χ3v) is 4.73. The van der Waals surface area contributed by atoms with E-state index in [9.17, 15) is 18.0 Å². The highest BCUT2D eigenvalue weighted by Crippen LogP contribution is 2.48. The van der Waals surface area contributed by atoms with Gasteiger partial charge in [0.1, 0.15) is 0 Å². The Kier molecular flexibility index (Phi) is 3.72. The van der Waals surface area contributed by atoms with E-state index in [1.807, 2.05) is 16.8 Å². The first-order chi connectivity index (χ1) is 10.4. The lowest BCUT2D eigenvalue weighted by atomic mass is 9.99. The Hall–Kier alpha value is -1.82. The average Bonchev–Trinajstić information content (AvgIpc) is 3.07. The lowest BCUT2D eigenvalue weighted by molar-refractivity contribution is -0.137. The molecule has 1 heterocycles. The standard InChI is InChI=1S/C16H14F3NOS/c17-16(18,19)13-4-2-1-3-12(13)14(21)20-10-15(6-7-15)11-5-8-22-9-11/h1-5,8-9H,6-7,10H2,(H,20,21). The lowest BCUT2D eigenvalue weighted by Gasteiger charge is -2.17. The Morgan fingerprint density at radius 3 is 2.55 bits per heavy atom. The molecule has 1 N–H and O–H groups in total. The van der Waals surface area contributed by atoms with Gasteiger partial charge in [-0.3, -0.25) is 4.79 Å². The van der Waals surface area contributed by atoms with Crippen LogP contribution in [0.2, 0.25) is 0 Å². The van der Waals surface area contributed by atoms with Crippen LogP contribution >= 0.6 is 11.3 Å². The normalized spacial score (nSPS) is 16.3. The highest BCUT2D eigenvalue weighted by molar-refractivity contribution is 7.08. The summed E-state index contributed by atoms with van der Waals surface area (Å²) in [4.78, 5) is 12.1. The van der Waals surface area contributed by atoms with Crippen molar-refractivity contribution in [1.29, 1.82) is 0 Å². The molecule has 0 bridgehead atoms. The van der Waals surface area contributed by atoms with Crippen molar-refractivity contribution in [2.45, 2.75) is 24.4 Å². The second-order valence-electron chi connectivity index (χ2n) is 5.52. The van der Waals surface area contributed by atoms with Gasteiger partial charge in [0, 0.05) is 12.0 Å². The molecule has 2 aromatic rings. The van der Waals surface area contributed by atoms with Crippen molar-refractivity contribution < 1.29 is 18.0 Å². The Balaban J connectivity index is 1.74. The van der Waals surface area contributed by atoms with Gasteiger partial charge in [0.05, 0.1) is 11.1 Å². The van der Waals surface area contributed by atoms with Crippen LogP contribution in [0.4, 0.5) is 13.2 Å². The topological polar surface area (TPSA) is 29.1 Å². The van der Waals surface area contributed by atoms with Crippen LogP contribution in [0.3, 0.4) is 0 Å². The molecular formula is C16H14F3NOS. The largest absolute Gasteiger partial charge is 0.417 e. The maximum Gasteiger partial charge on any atom is 0.417 e. The van der Waals surface area contributed by atoms with Crippen molar-refractivity contribution in [2.75, 3.05) is 6.54 Å². The van der Waals surface area contributed by atoms with Crippen LogP contribution in [0, 0.1) is 0 Å². The summed E-state index contributed by atoms with van der Waals surface area (Å²) in [5, 5.41) is 6.67. The summed E-state index contributed by atoms with van der Waals surface area (Å²) in [6.07, 6.45) is -2.63. The summed E-state index contributed by atoms with van der Waals surface area (Å²) in [7, 11) is 0. The van der Waals surface area contributed by atoms with Gasteiger partial charge in [-0.05, 0) is 47.4 Å². The van der Waals surface area contributed by atoms with Gasteiger partial charge < -0.3 is 5.32 Å². The van der Waals surface area contributed by atoms with Gasteiger partial charge in [-0.2, -0.15) is 24.5 Å². The number of nitrogens with one attached hydrogen (secondary N) is 1. The van der Waals surface area contributed by atoms with E-state index in [2.05, 4.69) is 5.32 Å². The number of amides is 1.